The minimum Gasteiger partial charge on any atom is -0.481 e. The molecule has 13 atom stereocenters. The van der Waals surface area contributed by atoms with Gasteiger partial charge in [-0.05, 0) is 116 Å². The summed E-state index contributed by atoms with van der Waals surface area (Å²) in [6.45, 7) is 17.9. The molecule has 5 fully saturated rings. The zero-order valence-electron chi connectivity index (χ0n) is 29.1. The molecular weight excluding hydrogens is 588 g/mol. The van der Waals surface area contributed by atoms with Crippen LogP contribution in [0.5, 0.6) is 0 Å². The van der Waals surface area contributed by atoms with Gasteiger partial charge in [-0.25, -0.2) is 4.79 Å². The smallest absolute Gasteiger partial charge is 0.335 e. The molecule has 0 bridgehead atoms. The molecule has 1 unspecified atom stereocenters. The molecule has 5 N–H and O–H groups in total. The van der Waals surface area contributed by atoms with Crippen molar-refractivity contribution in [2.75, 3.05) is 0 Å². The van der Waals surface area contributed by atoms with Crippen LogP contribution in [0, 0.1) is 50.2 Å². The molecule has 1 heterocycles. The van der Waals surface area contributed by atoms with Gasteiger partial charge in [0.2, 0.25) is 0 Å². The van der Waals surface area contributed by atoms with E-state index in [2.05, 4.69) is 54.5 Å². The van der Waals surface area contributed by atoms with E-state index in [4.69, 9.17) is 9.47 Å². The summed E-state index contributed by atoms with van der Waals surface area (Å²) >= 11 is 0. The number of aliphatic hydroxyl groups is 3. The van der Waals surface area contributed by atoms with E-state index in [1.807, 2.05) is 0 Å². The summed E-state index contributed by atoms with van der Waals surface area (Å²) in [6, 6.07) is 0. The molecule has 260 valence electrons. The zero-order chi connectivity index (χ0) is 34.0. The average molecular weight is 647 g/mol. The van der Waals surface area contributed by atoms with Gasteiger partial charge in [0.15, 0.2) is 11.9 Å². The highest BCUT2D eigenvalue weighted by Gasteiger charge is 2.70. The van der Waals surface area contributed by atoms with Gasteiger partial charge in [0.25, 0.3) is 0 Å². The number of rotatable bonds is 4. The number of hydrogen-bond donors (Lipinski definition) is 5. The Morgan fingerprint density at radius 1 is 0.826 bits per heavy atom. The van der Waals surface area contributed by atoms with Gasteiger partial charge in [-0.2, -0.15) is 0 Å². The number of allylic oxidation sites excluding steroid dienone is 2. The monoisotopic (exact) mass is 646 g/mol. The third kappa shape index (κ3) is 4.50. The van der Waals surface area contributed by atoms with Gasteiger partial charge in [0.05, 0.1) is 11.5 Å². The number of aliphatic carboxylic acids is 2. The van der Waals surface area contributed by atoms with Crippen molar-refractivity contribution < 1.29 is 44.6 Å². The molecule has 0 radical (unpaired) electrons. The number of fused-ring (bicyclic) bond motifs is 7. The standard InChI is InChI=1S/C37H58O9/c1-31(2)15-17-37(30(43)44)18-16-34(6)20(21(37)19-31)9-10-23-33(5)13-12-24(32(3,4)22(33)11-14-35(23,34)7)45-36(8)28(40)26(39)25(38)27(46-36)29(41)42/h9,21-28,38-40H,10-19H2,1-8H3,(H,41,42)(H,43,44)/t21-,22-,23?,24-,25-,26-,27-,28+,33-,34+,35+,36+,37-/m0/s1. The Kier molecular flexibility index (Phi) is 7.83. The van der Waals surface area contributed by atoms with Gasteiger partial charge in [-0.1, -0.05) is 60.1 Å². The van der Waals surface area contributed by atoms with Crippen LogP contribution in [0.15, 0.2) is 11.6 Å². The van der Waals surface area contributed by atoms with Gasteiger partial charge < -0.3 is 35.0 Å². The van der Waals surface area contributed by atoms with Crippen LogP contribution in [0.25, 0.3) is 0 Å². The van der Waals surface area contributed by atoms with E-state index in [9.17, 15) is 35.1 Å². The molecule has 0 spiro atoms. The van der Waals surface area contributed by atoms with E-state index in [-0.39, 0.29) is 45.0 Å². The summed E-state index contributed by atoms with van der Waals surface area (Å²) in [7, 11) is 0. The minimum atomic E-state index is -1.80. The molecule has 9 heteroatoms. The van der Waals surface area contributed by atoms with Crippen molar-refractivity contribution in [2.45, 2.75) is 156 Å². The normalized spacial score (nSPS) is 52.6. The number of carboxylic acid groups (broad SMARTS) is 2. The van der Waals surface area contributed by atoms with Crippen LogP contribution in [0.4, 0.5) is 0 Å². The lowest BCUT2D eigenvalue weighted by molar-refractivity contribution is -0.375. The van der Waals surface area contributed by atoms with E-state index in [1.54, 1.807) is 0 Å². The van der Waals surface area contributed by atoms with Crippen molar-refractivity contribution in [3.05, 3.63) is 11.6 Å². The summed E-state index contributed by atoms with van der Waals surface area (Å²) in [5.41, 5.74) is 0.447. The maximum Gasteiger partial charge on any atom is 0.335 e. The topological polar surface area (TPSA) is 154 Å². The van der Waals surface area contributed by atoms with E-state index in [0.29, 0.717) is 12.3 Å². The predicted molar refractivity (Wildman–Crippen MR) is 170 cm³/mol. The molecule has 4 saturated carbocycles. The van der Waals surface area contributed by atoms with Gasteiger partial charge >= 0.3 is 11.9 Å². The molecule has 1 aliphatic heterocycles. The second-order valence-electron chi connectivity index (χ2n) is 18.5. The second-order valence-corrected chi connectivity index (χ2v) is 18.5. The number of hydrogen-bond acceptors (Lipinski definition) is 7. The molecule has 5 aliphatic carbocycles. The SMILES string of the molecule is CC1(C)CC[C@]2(C(=O)O)CC[C@]3(C)C(=CCC4[C@@]5(C)CC[C@H](O[C@]6(C)O[C@H](C(=O)O)[C@@H](O)[C@H](O)[C@H]6O)C(C)(C)[C@@H]5CC[C@]43C)[C@@H]2C1. The fourth-order valence-electron chi connectivity index (χ4n) is 12.5. The molecule has 0 aromatic carbocycles. The highest BCUT2D eigenvalue weighted by Crippen LogP contribution is 2.76. The number of ether oxygens (including phenoxy) is 2. The van der Waals surface area contributed by atoms with E-state index in [1.165, 1.54) is 12.5 Å². The van der Waals surface area contributed by atoms with Crippen molar-refractivity contribution in [1.29, 1.82) is 0 Å². The molecule has 6 rings (SSSR count). The molecular formula is C37H58O9. The molecule has 0 amide bonds. The maximum atomic E-state index is 13.0. The van der Waals surface area contributed by atoms with Crippen molar-refractivity contribution in [3.63, 3.8) is 0 Å². The average Bonchev–Trinajstić information content (AvgIpc) is 2.95. The van der Waals surface area contributed by atoms with Gasteiger partial charge in [-0.3, -0.25) is 4.79 Å². The Bertz CT molecular complexity index is 1310. The number of carboxylic acids is 2. The molecule has 46 heavy (non-hydrogen) atoms. The first-order valence-electron chi connectivity index (χ1n) is 17.7. The minimum absolute atomic E-state index is 0.0131. The fourth-order valence-corrected chi connectivity index (χ4v) is 12.5. The van der Waals surface area contributed by atoms with E-state index in [0.717, 1.165) is 57.8 Å². The van der Waals surface area contributed by atoms with Gasteiger partial charge in [-0.15, -0.1) is 0 Å². The lowest BCUT2D eigenvalue weighted by Gasteiger charge is -2.71. The van der Waals surface area contributed by atoms with E-state index < -0.39 is 47.6 Å². The Morgan fingerprint density at radius 2 is 1.48 bits per heavy atom. The Balaban J connectivity index is 1.31. The fraction of sp³-hybridized carbons (Fsp3) is 0.892. The van der Waals surface area contributed by atoms with Crippen LogP contribution in [0.2, 0.25) is 0 Å². The van der Waals surface area contributed by atoms with Crippen LogP contribution < -0.4 is 0 Å². The summed E-state index contributed by atoms with van der Waals surface area (Å²) in [6.07, 6.45) is 4.07. The van der Waals surface area contributed by atoms with Crippen molar-refractivity contribution in [3.8, 4) is 0 Å². The first kappa shape index (κ1) is 34.3. The molecule has 1 saturated heterocycles. The highest BCUT2D eigenvalue weighted by molar-refractivity contribution is 5.76. The lowest BCUT2D eigenvalue weighted by atomic mass is 9.33. The molecule has 0 aromatic heterocycles. The van der Waals surface area contributed by atoms with Crippen LogP contribution in [0.1, 0.15) is 120 Å². The third-order valence-corrected chi connectivity index (χ3v) is 15.5. The predicted octanol–water partition coefficient (Wildman–Crippen LogP) is 5.54. The molecule has 9 nitrogen and oxygen atoms in total. The molecule has 6 aliphatic rings. The first-order valence-corrected chi connectivity index (χ1v) is 17.7. The molecule has 0 aromatic rings. The number of aliphatic hydroxyl groups excluding tert-OH is 3. The Labute approximate surface area is 274 Å². The summed E-state index contributed by atoms with van der Waals surface area (Å²) in [4.78, 5) is 24.8. The highest BCUT2D eigenvalue weighted by atomic mass is 16.7. The van der Waals surface area contributed by atoms with E-state index >= 15 is 0 Å². The summed E-state index contributed by atoms with van der Waals surface area (Å²) in [5.74, 6) is -3.08. The Hall–Kier alpha value is -1.52. The van der Waals surface area contributed by atoms with Crippen LogP contribution in [0.3, 0.4) is 0 Å². The number of carbonyl (C=O) groups is 2. The quantitative estimate of drug-likeness (QED) is 0.196. The van der Waals surface area contributed by atoms with Gasteiger partial charge in [0, 0.05) is 0 Å². The lowest BCUT2D eigenvalue weighted by Crippen LogP contribution is -2.68. The Morgan fingerprint density at radius 3 is 2.11 bits per heavy atom. The summed E-state index contributed by atoms with van der Waals surface area (Å²) < 4.78 is 12.3. The summed E-state index contributed by atoms with van der Waals surface area (Å²) in [5, 5.41) is 52.1. The van der Waals surface area contributed by atoms with Crippen LogP contribution in [-0.2, 0) is 19.1 Å². The van der Waals surface area contributed by atoms with Crippen molar-refractivity contribution in [1.82, 2.24) is 0 Å². The second kappa shape index (κ2) is 10.5. The van der Waals surface area contributed by atoms with Crippen LogP contribution in [-0.4, -0.2) is 73.8 Å². The maximum absolute atomic E-state index is 13.0. The third-order valence-electron chi connectivity index (χ3n) is 15.5. The largest absolute Gasteiger partial charge is 0.481 e. The van der Waals surface area contributed by atoms with Crippen molar-refractivity contribution >= 4 is 11.9 Å². The van der Waals surface area contributed by atoms with Gasteiger partial charge in [0.1, 0.15) is 18.3 Å². The van der Waals surface area contributed by atoms with Crippen molar-refractivity contribution in [2.24, 2.45) is 50.2 Å². The zero-order valence-corrected chi connectivity index (χ0v) is 29.1. The van der Waals surface area contributed by atoms with Crippen LogP contribution >= 0.6 is 0 Å². The first-order chi connectivity index (χ1) is 21.1.